The number of amides is 1. The number of benzene rings is 2. The van der Waals surface area contributed by atoms with Gasteiger partial charge in [-0.25, -0.2) is 5.43 Å². The van der Waals surface area contributed by atoms with Gasteiger partial charge in [0.2, 0.25) is 0 Å². The summed E-state index contributed by atoms with van der Waals surface area (Å²) in [5, 5.41) is 4.28. The van der Waals surface area contributed by atoms with Crippen molar-refractivity contribution in [2.75, 3.05) is 0 Å². The lowest BCUT2D eigenvalue weighted by molar-refractivity contribution is 0.0927. The average molecular weight is 290 g/mol. The second-order valence-electron chi connectivity index (χ2n) is 4.61. The second kappa shape index (κ2) is 6.54. The largest absolute Gasteiger partial charge is 0.459 e. The highest BCUT2D eigenvalue weighted by Crippen LogP contribution is 2.10. The third kappa shape index (κ3) is 3.12. The molecule has 0 saturated heterocycles. The summed E-state index contributed by atoms with van der Waals surface area (Å²) in [5.74, 6) is -0.154. The van der Waals surface area contributed by atoms with Gasteiger partial charge in [-0.15, -0.1) is 0 Å². The van der Waals surface area contributed by atoms with Gasteiger partial charge in [0.05, 0.1) is 12.0 Å². The zero-order chi connectivity index (χ0) is 15.2. The summed E-state index contributed by atoms with van der Waals surface area (Å²) >= 11 is 0. The van der Waals surface area contributed by atoms with E-state index in [1.54, 1.807) is 12.1 Å². The molecule has 1 N–H and O–H groups in total. The van der Waals surface area contributed by atoms with Crippen LogP contribution in [0.2, 0.25) is 0 Å². The van der Waals surface area contributed by atoms with Crippen LogP contribution in [0.25, 0.3) is 0 Å². The van der Waals surface area contributed by atoms with Gasteiger partial charge in [-0.05, 0) is 12.1 Å². The standard InChI is InChI=1S/C18H14N2O2/c21-18(16-12-7-13-22-16)20-19-17(14-8-3-1-4-9-14)15-10-5-2-6-11-15/h1-13H,(H,20,21). The fraction of sp³-hybridized carbons (Fsp3) is 0. The van der Waals surface area contributed by atoms with E-state index in [-0.39, 0.29) is 11.7 Å². The molecule has 0 spiro atoms. The zero-order valence-corrected chi connectivity index (χ0v) is 11.8. The van der Waals surface area contributed by atoms with Gasteiger partial charge in [-0.1, -0.05) is 60.7 Å². The summed E-state index contributed by atoms with van der Waals surface area (Å²) in [7, 11) is 0. The number of carbonyl (C=O) groups excluding carboxylic acids is 1. The molecule has 0 aliphatic rings. The maximum Gasteiger partial charge on any atom is 0.307 e. The Morgan fingerprint density at radius 1 is 0.818 bits per heavy atom. The number of rotatable bonds is 4. The van der Waals surface area contributed by atoms with Crippen LogP contribution in [0.5, 0.6) is 0 Å². The lowest BCUT2D eigenvalue weighted by atomic mass is 10.0. The van der Waals surface area contributed by atoms with E-state index in [9.17, 15) is 4.79 Å². The molecule has 0 unspecified atom stereocenters. The molecule has 0 bridgehead atoms. The molecule has 1 aromatic heterocycles. The molecule has 4 heteroatoms. The Morgan fingerprint density at radius 2 is 1.41 bits per heavy atom. The van der Waals surface area contributed by atoms with Gasteiger partial charge in [0.1, 0.15) is 0 Å². The number of carbonyl (C=O) groups is 1. The third-order valence-electron chi connectivity index (χ3n) is 3.11. The van der Waals surface area contributed by atoms with Crippen molar-refractivity contribution in [3.63, 3.8) is 0 Å². The van der Waals surface area contributed by atoms with E-state index >= 15 is 0 Å². The molecule has 2 aromatic carbocycles. The van der Waals surface area contributed by atoms with E-state index in [2.05, 4.69) is 10.5 Å². The Kier molecular flexibility index (Phi) is 4.11. The first-order chi connectivity index (χ1) is 10.8. The molecule has 0 fully saturated rings. The third-order valence-corrected chi connectivity index (χ3v) is 3.11. The molecule has 0 aliphatic heterocycles. The predicted octanol–water partition coefficient (Wildman–Crippen LogP) is 3.46. The van der Waals surface area contributed by atoms with E-state index in [1.807, 2.05) is 60.7 Å². The second-order valence-corrected chi connectivity index (χ2v) is 4.61. The van der Waals surface area contributed by atoms with E-state index in [0.717, 1.165) is 11.1 Å². The summed E-state index contributed by atoms with van der Waals surface area (Å²) in [6, 6.07) is 22.7. The number of nitrogens with zero attached hydrogens (tertiary/aromatic N) is 1. The highest BCUT2D eigenvalue weighted by atomic mass is 16.3. The highest BCUT2D eigenvalue weighted by Gasteiger charge is 2.10. The molecule has 3 aromatic rings. The summed E-state index contributed by atoms with van der Waals surface area (Å²) in [6.45, 7) is 0. The van der Waals surface area contributed by atoms with Crippen LogP contribution in [0.4, 0.5) is 0 Å². The Balaban J connectivity index is 1.92. The zero-order valence-electron chi connectivity index (χ0n) is 11.8. The van der Waals surface area contributed by atoms with Crippen molar-refractivity contribution >= 4 is 11.6 Å². The van der Waals surface area contributed by atoms with Crippen LogP contribution < -0.4 is 5.43 Å². The Morgan fingerprint density at radius 3 is 1.91 bits per heavy atom. The SMILES string of the molecule is O=C(NN=C(c1ccccc1)c1ccccc1)c1ccco1. The lowest BCUT2D eigenvalue weighted by Gasteiger charge is -2.07. The molecule has 3 rings (SSSR count). The van der Waals surface area contributed by atoms with Gasteiger partial charge >= 0.3 is 5.91 Å². The van der Waals surface area contributed by atoms with Gasteiger partial charge in [0.15, 0.2) is 5.76 Å². The predicted molar refractivity (Wildman–Crippen MR) is 84.7 cm³/mol. The van der Waals surface area contributed by atoms with Crippen LogP contribution in [-0.2, 0) is 0 Å². The number of hydrogen-bond acceptors (Lipinski definition) is 3. The molecule has 4 nitrogen and oxygen atoms in total. The molecule has 1 amide bonds. The molecule has 0 saturated carbocycles. The summed E-state index contributed by atoms with van der Waals surface area (Å²) < 4.78 is 5.06. The van der Waals surface area contributed by atoms with Gasteiger partial charge in [0.25, 0.3) is 0 Å². The highest BCUT2D eigenvalue weighted by molar-refractivity contribution is 6.13. The van der Waals surface area contributed by atoms with Crippen molar-refractivity contribution in [2.24, 2.45) is 5.10 Å². The van der Waals surface area contributed by atoms with Crippen molar-refractivity contribution < 1.29 is 9.21 Å². The Hall–Kier alpha value is -3.14. The van der Waals surface area contributed by atoms with Crippen LogP contribution in [-0.4, -0.2) is 11.6 Å². The topological polar surface area (TPSA) is 54.6 Å². The summed E-state index contributed by atoms with van der Waals surface area (Å²) in [4.78, 5) is 12.0. The van der Waals surface area contributed by atoms with Crippen LogP contribution >= 0.6 is 0 Å². The monoisotopic (exact) mass is 290 g/mol. The van der Waals surface area contributed by atoms with E-state index in [0.29, 0.717) is 5.71 Å². The van der Waals surface area contributed by atoms with Gasteiger partial charge in [-0.2, -0.15) is 5.10 Å². The molecular weight excluding hydrogens is 276 g/mol. The minimum absolute atomic E-state index is 0.226. The fourth-order valence-corrected chi connectivity index (χ4v) is 2.06. The Labute approximate surface area is 128 Å². The maximum absolute atomic E-state index is 12.0. The van der Waals surface area contributed by atoms with Crippen LogP contribution in [0.15, 0.2) is 88.6 Å². The van der Waals surface area contributed by atoms with Crippen LogP contribution in [0, 0.1) is 0 Å². The maximum atomic E-state index is 12.0. The van der Waals surface area contributed by atoms with E-state index in [1.165, 1.54) is 6.26 Å². The van der Waals surface area contributed by atoms with Crippen molar-refractivity contribution in [1.29, 1.82) is 0 Å². The Bertz CT molecular complexity index is 722. The number of nitrogens with one attached hydrogen (secondary N) is 1. The first-order valence-electron chi connectivity index (χ1n) is 6.87. The minimum atomic E-state index is -0.380. The van der Waals surface area contributed by atoms with Gasteiger partial charge in [0, 0.05) is 11.1 Å². The number of hydrogen-bond donors (Lipinski definition) is 1. The molecule has 0 radical (unpaired) electrons. The first-order valence-corrected chi connectivity index (χ1v) is 6.87. The summed E-state index contributed by atoms with van der Waals surface area (Å²) in [6.07, 6.45) is 1.45. The molecule has 1 heterocycles. The molecule has 0 aliphatic carbocycles. The molecular formula is C18H14N2O2. The van der Waals surface area contributed by atoms with Crippen molar-refractivity contribution in [3.05, 3.63) is 95.9 Å². The van der Waals surface area contributed by atoms with Crippen LogP contribution in [0.1, 0.15) is 21.7 Å². The first kappa shape index (κ1) is 13.8. The average Bonchev–Trinajstić information content (AvgIpc) is 3.11. The molecule has 108 valence electrons. The van der Waals surface area contributed by atoms with E-state index in [4.69, 9.17) is 4.42 Å². The van der Waals surface area contributed by atoms with Gasteiger partial charge < -0.3 is 4.42 Å². The van der Waals surface area contributed by atoms with Crippen LogP contribution in [0.3, 0.4) is 0 Å². The van der Waals surface area contributed by atoms with Crippen molar-refractivity contribution in [2.45, 2.75) is 0 Å². The number of furan rings is 1. The minimum Gasteiger partial charge on any atom is -0.459 e. The molecule has 0 atom stereocenters. The lowest BCUT2D eigenvalue weighted by Crippen LogP contribution is -2.20. The normalized spacial score (nSPS) is 10.0. The number of hydrazone groups is 1. The quantitative estimate of drug-likeness (QED) is 0.591. The van der Waals surface area contributed by atoms with Gasteiger partial charge in [-0.3, -0.25) is 4.79 Å². The van der Waals surface area contributed by atoms with E-state index < -0.39 is 0 Å². The molecule has 22 heavy (non-hydrogen) atoms. The van der Waals surface area contributed by atoms with Crippen molar-refractivity contribution in [3.8, 4) is 0 Å². The fourth-order valence-electron chi connectivity index (χ4n) is 2.06. The smallest absolute Gasteiger partial charge is 0.307 e. The van der Waals surface area contributed by atoms with Crippen molar-refractivity contribution in [1.82, 2.24) is 5.43 Å². The summed E-state index contributed by atoms with van der Waals surface area (Å²) in [5.41, 5.74) is 5.08.